The summed E-state index contributed by atoms with van der Waals surface area (Å²) in [6, 6.07) is 4.21. The van der Waals surface area contributed by atoms with Crippen LogP contribution in [0.4, 0.5) is 0 Å². The molecule has 4 aliphatic rings. The van der Waals surface area contributed by atoms with Gasteiger partial charge in [-0.05, 0) is 63.5 Å². The largest absolute Gasteiger partial charge is 0.481 e. The fourth-order valence-electron chi connectivity index (χ4n) is 5.23. The number of carboxylic acids is 2. The first kappa shape index (κ1) is 22.1. The summed E-state index contributed by atoms with van der Waals surface area (Å²) >= 11 is 0. The van der Waals surface area contributed by atoms with Crippen LogP contribution in [0.5, 0.6) is 0 Å². The minimum Gasteiger partial charge on any atom is -0.481 e. The summed E-state index contributed by atoms with van der Waals surface area (Å²) in [6.45, 7) is 2.00. The van der Waals surface area contributed by atoms with Crippen molar-refractivity contribution in [3.05, 3.63) is 34.9 Å². The van der Waals surface area contributed by atoms with E-state index in [4.69, 9.17) is 10.2 Å². The third kappa shape index (κ3) is 4.04. The molecule has 0 spiro atoms. The first-order chi connectivity index (χ1) is 14.5. The standard InChI is InChI=1S/2C11H14N2O2.Ni/c2*14-11(15)9-4-3-8(9)10-6-7-2-1-5-13(7)12-10;/h2*6,8-9H,1-5H2,(H,14,15);. The molecular formula is C22H28N4NiO4. The van der Waals surface area contributed by atoms with Gasteiger partial charge in [-0.2, -0.15) is 10.2 Å². The second-order valence-corrected chi connectivity index (χ2v) is 9.03. The number of hydrogen-bond acceptors (Lipinski definition) is 4. The Morgan fingerprint density at radius 3 is 1.48 bits per heavy atom. The quantitative estimate of drug-likeness (QED) is 0.664. The van der Waals surface area contributed by atoms with E-state index < -0.39 is 11.9 Å². The molecule has 2 saturated carbocycles. The second kappa shape index (κ2) is 8.77. The van der Waals surface area contributed by atoms with Crippen LogP contribution in [0.3, 0.4) is 0 Å². The van der Waals surface area contributed by atoms with E-state index in [9.17, 15) is 9.59 Å². The SMILES string of the molecule is O=C(O)C1CCC1c1cc2n(n1)CCC2.O=C(O)C1CCC1c1cc2n(n1)CCC2.[Ni]. The van der Waals surface area contributed by atoms with Crippen LogP contribution in [-0.2, 0) is 52.0 Å². The number of hydrogen-bond donors (Lipinski definition) is 2. The van der Waals surface area contributed by atoms with Crippen LogP contribution in [-0.4, -0.2) is 41.7 Å². The molecule has 2 aromatic heterocycles. The average Bonchev–Trinajstić information content (AvgIpc) is 3.32. The summed E-state index contributed by atoms with van der Waals surface area (Å²) in [6.07, 6.45) is 8.12. The van der Waals surface area contributed by atoms with E-state index in [1.54, 1.807) is 0 Å². The topological polar surface area (TPSA) is 110 Å². The monoisotopic (exact) mass is 470 g/mol. The Kier molecular flexibility index (Phi) is 6.24. The van der Waals surface area contributed by atoms with E-state index in [2.05, 4.69) is 22.3 Å². The molecule has 2 aliphatic carbocycles. The summed E-state index contributed by atoms with van der Waals surface area (Å²) in [7, 11) is 0. The van der Waals surface area contributed by atoms with Gasteiger partial charge in [0, 0.05) is 52.8 Å². The molecule has 0 aromatic carbocycles. The molecule has 31 heavy (non-hydrogen) atoms. The molecule has 0 radical (unpaired) electrons. The van der Waals surface area contributed by atoms with Gasteiger partial charge in [0.2, 0.25) is 0 Å². The number of carbonyl (C=O) groups is 2. The number of aliphatic carboxylic acids is 2. The maximum Gasteiger partial charge on any atom is 0.307 e. The molecule has 4 unspecified atom stereocenters. The van der Waals surface area contributed by atoms with Crippen LogP contribution in [0.1, 0.15) is 73.1 Å². The zero-order valence-corrected chi connectivity index (χ0v) is 18.3. The Labute approximate surface area is 190 Å². The third-order valence-electron chi connectivity index (χ3n) is 7.31. The minimum atomic E-state index is -0.667. The number of rotatable bonds is 4. The average molecular weight is 471 g/mol. The van der Waals surface area contributed by atoms with Gasteiger partial charge in [-0.1, -0.05) is 0 Å². The summed E-state index contributed by atoms with van der Waals surface area (Å²) < 4.78 is 4.07. The van der Waals surface area contributed by atoms with Crippen LogP contribution in [0, 0.1) is 11.8 Å². The molecule has 2 aromatic rings. The van der Waals surface area contributed by atoms with E-state index in [-0.39, 0.29) is 40.2 Å². The van der Waals surface area contributed by atoms with Crippen LogP contribution in [0.25, 0.3) is 0 Å². The maximum atomic E-state index is 10.9. The number of nitrogens with zero attached hydrogens (tertiary/aromatic N) is 4. The van der Waals surface area contributed by atoms with Crippen LogP contribution >= 0.6 is 0 Å². The fraction of sp³-hybridized carbons (Fsp3) is 0.636. The van der Waals surface area contributed by atoms with Crippen molar-refractivity contribution in [1.29, 1.82) is 0 Å². The van der Waals surface area contributed by atoms with Crippen LogP contribution in [0.2, 0.25) is 0 Å². The smallest absolute Gasteiger partial charge is 0.307 e. The molecule has 0 bridgehead atoms. The van der Waals surface area contributed by atoms with Crippen molar-refractivity contribution in [2.75, 3.05) is 0 Å². The Morgan fingerprint density at radius 1 is 0.774 bits per heavy atom. The molecule has 2 aliphatic heterocycles. The molecule has 2 N–H and O–H groups in total. The molecule has 2 fully saturated rings. The summed E-state index contributed by atoms with van der Waals surface area (Å²) in [5.41, 5.74) is 4.56. The number of aromatic nitrogens is 4. The van der Waals surface area contributed by atoms with Crippen molar-refractivity contribution in [2.45, 2.75) is 76.3 Å². The minimum absolute atomic E-state index is 0. The summed E-state index contributed by atoms with van der Waals surface area (Å²) in [4.78, 5) is 21.8. The molecule has 6 rings (SSSR count). The fourth-order valence-corrected chi connectivity index (χ4v) is 5.23. The first-order valence-corrected chi connectivity index (χ1v) is 11.1. The summed E-state index contributed by atoms with van der Waals surface area (Å²) in [5.74, 6) is -1.39. The van der Waals surface area contributed by atoms with Crippen molar-refractivity contribution in [3.8, 4) is 0 Å². The third-order valence-corrected chi connectivity index (χ3v) is 7.31. The molecular weight excluding hydrogens is 443 g/mol. The second-order valence-electron chi connectivity index (χ2n) is 9.03. The number of carboxylic acid groups (broad SMARTS) is 2. The van der Waals surface area contributed by atoms with Crippen LogP contribution in [0.15, 0.2) is 12.1 Å². The zero-order chi connectivity index (χ0) is 20.8. The van der Waals surface area contributed by atoms with Gasteiger partial charge in [0.1, 0.15) is 0 Å². The van der Waals surface area contributed by atoms with Crippen molar-refractivity contribution in [2.24, 2.45) is 11.8 Å². The zero-order valence-electron chi connectivity index (χ0n) is 17.4. The molecule has 8 nitrogen and oxygen atoms in total. The predicted octanol–water partition coefficient (Wildman–Crippen LogP) is 2.81. The normalized spacial score (nSPS) is 27.6. The Morgan fingerprint density at radius 2 is 1.19 bits per heavy atom. The molecule has 170 valence electrons. The molecule has 9 heteroatoms. The van der Waals surface area contributed by atoms with Gasteiger partial charge in [-0.15, -0.1) is 0 Å². The van der Waals surface area contributed by atoms with Crippen molar-refractivity contribution in [1.82, 2.24) is 19.6 Å². The van der Waals surface area contributed by atoms with E-state index in [0.29, 0.717) is 0 Å². The molecule has 0 amide bonds. The van der Waals surface area contributed by atoms with Gasteiger partial charge in [0.15, 0.2) is 0 Å². The molecule has 4 atom stereocenters. The van der Waals surface area contributed by atoms with Gasteiger partial charge in [-0.3, -0.25) is 19.0 Å². The van der Waals surface area contributed by atoms with Gasteiger partial charge < -0.3 is 10.2 Å². The number of aryl methyl sites for hydroxylation is 4. The molecule has 0 saturated heterocycles. The molecule has 4 heterocycles. The Hall–Kier alpha value is -2.15. The van der Waals surface area contributed by atoms with Gasteiger partial charge in [-0.25, -0.2) is 0 Å². The Bertz CT molecular complexity index is 863. The van der Waals surface area contributed by atoms with Crippen LogP contribution < -0.4 is 0 Å². The van der Waals surface area contributed by atoms with E-state index in [1.165, 1.54) is 24.2 Å². The Balaban J connectivity index is 0.000000144. The van der Waals surface area contributed by atoms with Crippen molar-refractivity contribution >= 4 is 11.9 Å². The van der Waals surface area contributed by atoms with Gasteiger partial charge in [0.05, 0.1) is 23.2 Å². The van der Waals surface area contributed by atoms with Gasteiger partial charge in [0.25, 0.3) is 0 Å². The maximum absolute atomic E-state index is 10.9. The summed E-state index contributed by atoms with van der Waals surface area (Å²) in [5, 5.41) is 27.0. The predicted molar refractivity (Wildman–Crippen MR) is 107 cm³/mol. The number of fused-ring (bicyclic) bond motifs is 2. The first-order valence-electron chi connectivity index (χ1n) is 11.1. The van der Waals surface area contributed by atoms with Crippen molar-refractivity contribution < 1.29 is 36.3 Å². The van der Waals surface area contributed by atoms with E-state index >= 15 is 0 Å². The van der Waals surface area contributed by atoms with E-state index in [1.807, 2.05) is 9.36 Å². The van der Waals surface area contributed by atoms with E-state index in [0.717, 1.165) is 63.0 Å². The van der Waals surface area contributed by atoms with Crippen molar-refractivity contribution in [3.63, 3.8) is 0 Å². The van der Waals surface area contributed by atoms with Gasteiger partial charge >= 0.3 is 11.9 Å².